The van der Waals surface area contributed by atoms with Crippen molar-refractivity contribution < 1.29 is 0 Å². The summed E-state index contributed by atoms with van der Waals surface area (Å²) in [4.78, 5) is 0. The van der Waals surface area contributed by atoms with E-state index >= 15 is 0 Å². The first kappa shape index (κ1) is 11.2. The van der Waals surface area contributed by atoms with Gasteiger partial charge in [-0.1, -0.05) is 20.3 Å². The van der Waals surface area contributed by atoms with Crippen molar-refractivity contribution in [1.29, 1.82) is 0 Å². The molecule has 0 saturated carbocycles. The molecule has 0 bridgehead atoms. The van der Waals surface area contributed by atoms with Crippen LogP contribution >= 0.6 is 0 Å². The Balaban J connectivity index is 2.16. The van der Waals surface area contributed by atoms with Gasteiger partial charge in [0, 0.05) is 0 Å². The van der Waals surface area contributed by atoms with Crippen molar-refractivity contribution in [3.63, 3.8) is 0 Å². The minimum Gasteiger partial charge on any atom is -0.292 e. The molecule has 1 fully saturated rings. The molecule has 1 aliphatic rings. The summed E-state index contributed by atoms with van der Waals surface area (Å²) in [6, 6.07) is 0. The molecule has 1 rings (SSSR count). The van der Waals surface area contributed by atoms with E-state index in [4.69, 9.17) is 0 Å². The average molecular weight is 201 g/mol. The summed E-state index contributed by atoms with van der Waals surface area (Å²) in [6.07, 6.45) is 4.46. The zero-order valence-electron chi connectivity index (χ0n) is 9.21. The second kappa shape index (κ2) is 5.75. The minimum atomic E-state index is -0.0482. The number of unbranched alkanes of at least 4 members (excludes halogenated alkanes) is 1. The zero-order chi connectivity index (χ0) is 9.68. The van der Waals surface area contributed by atoms with Crippen molar-refractivity contribution in [2.45, 2.75) is 39.4 Å². The highest BCUT2D eigenvalue weighted by molar-refractivity contribution is 6.31. The molecule has 0 aromatic carbocycles. The molecule has 1 N–H and O–H groups in total. The van der Waals surface area contributed by atoms with E-state index in [1.165, 1.54) is 25.8 Å². The van der Waals surface area contributed by atoms with Crippen LogP contribution in [0.2, 0.25) is 0 Å². The van der Waals surface area contributed by atoms with Gasteiger partial charge in [-0.3, -0.25) is 14.4 Å². The van der Waals surface area contributed by atoms with Crippen LogP contribution in [0.15, 0.2) is 0 Å². The van der Waals surface area contributed by atoms with Crippen LogP contribution in [0.1, 0.15) is 33.1 Å². The maximum Gasteiger partial charge on any atom is 0.177 e. The Morgan fingerprint density at radius 3 is 2.62 bits per heavy atom. The summed E-state index contributed by atoms with van der Waals surface area (Å²) in [5.74, 6) is 0. The van der Waals surface area contributed by atoms with Gasteiger partial charge in [0.1, 0.15) is 6.29 Å². The molecule has 0 radical (unpaired) electrons. The monoisotopic (exact) mass is 201 g/mol. The largest absolute Gasteiger partial charge is 0.292 e. The predicted octanol–water partition coefficient (Wildman–Crippen LogP) is 0.316. The van der Waals surface area contributed by atoms with Crippen molar-refractivity contribution in [2.24, 2.45) is 0 Å². The summed E-state index contributed by atoms with van der Waals surface area (Å²) in [5, 5.41) is 3.56. The van der Waals surface area contributed by atoms with Crippen molar-refractivity contribution in [3.05, 3.63) is 0 Å². The number of nitrogens with zero attached hydrogens (tertiary/aromatic N) is 2. The van der Waals surface area contributed by atoms with Crippen LogP contribution in [-0.2, 0) is 0 Å². The van der Waals surface area contributed by atoms with Gasteiger partial charge in [0.2, 0.25) is 0 Å². The standard InChI is InChI=1S/C9H23N3Si/c1-4-6-8-12-9(10-7-5-2)11(3)13-12/h9-10H,4-8,13H2,1-3H3. The van der Waals surface area contributed by atoms with E-state index in [1.54, 1.807) is 0 Å². The van der Waals surface area contributed by atoms with Crippen LogP contribution in [0, 0.1) is 0 Å². The quantitative estimate of drug-likeness (QED) is 0.624. The second-order valence-electron chi connectivity index (χ2n) is 3.89. The summed E-state index contributed by atoms with van der Waals surface area (Å²) in [5.41, 5.74) is 0. The molecule has 13 heavy (non-hydrogen) atoms. The van der Waals surface area contributed by atoms with Crippen LogP contribution in [0.3, 0.4) is 0 Å². The third-order valence-corrected chi connectivity index (χ3v) is 4.36. The Kier molecular flexibility index (Phi) is 4.94. The summed E-state index contributed by atoms with van der Waals surface area (Å²) < 4.78 is 5.13. The summed E-state index contributed by atoms with van der Waals surface area (Å²) in [7, 11) is 2.19. The summed E-state index contributed by atoms with van der Waals surface area (Å²) >= 11 is 0. The van der Waals surface area contributed by atoms with Crippen molar-refractivity contribution in [2.75, 3.05) is 20.1 Å². The molecule has 1 saturated heterocycles. The maximum atomic E-state index is 3.56. The second-order valence-corrected chi connectivity index (χ2v) is 5.98. The Bertz CT molecular complexity index is 143. The van der Waals surface area contributed by atoms with Crippen molar-refractivity contribution in [3.8, 4) is 0 Å². The Hall–Kier alpha value is 0.0969. The molecule has 78 valence electrons. The Labute approximate surface area is 84.5 Å². The molecule has 1 aliphatic heterocycles. The maximum absolute atomic E-state index is 3.56. The van der Waals surface area contributed by atoms with Crippen LogP contribution < -0.4 is 5.32 Å². The van der Waals surface area contributed by atoms with Crippen LogP contribution in [-0.4, -0.2) is 45.4 Å². The molecule has 0 amide bonds. The van der Waals surface area contributed by atoms with E-state index in [9.17, 15) is 0 Å². The van der Waals surface area contributed by atoms with E-state index in [0.29, 0.717) is 6.29 Å². The van der Waals surface area contributed by atoms with Crippen LogP contribution in [0.5, 0.6) is 0 Å². The lowest BCUT2D eigenvalue weighted by Crippen LogP contribution is -2.70. The highest BCUT2D eigenvalue weighted by Gasteiger charge is 2.32. The van der Waals surface area contributed by atoms with Gasteiger partial charge in [-0.25, -0.2) is 0 Å². The van der Waals surface area contributed by atoms with Crippen molar-refractivity contribution >= 4 is 9.84 Å². The molecule has 1 heterocycles. The fraction of sp³-hybridized carbons (Fsp3) is 1.00. The fourth-order valence-electron chi connectivity index (χ4n) is 1.74. The van der Waals surface area contributed by atoms with E-state index in [2.05, 4.69) is 35.3 Å². The van der Waals surface area contributed by atoms with Gasteiger partial charge in [0.05, 0.1) is 0 Å². The SMILES string of the molecule is CCCCN1[SiH2]N(C)C1NCCC. The highest BCUT2D eigenvalue weighted by atomic mass is 28.2. The van der Waals surface area contributed by atoms with Gasteiger partial charge in [-0.15, -0.1) is 0 Å². The van der Waals surface area contributed by atoms with Crippen LogP contribution in [0.4, 0.5) is 0 Å². The Morgan fingerprint density at radius 1 is 1.31 bits per heavy atom. The molecule has 1 unspecified atom stereocenters. The van der Waals surface area contributed by atoms with Gasteiger partial charge >= 0.3 is 0 Å². The summed E-state index contributed by atoms with van der Waals surface area (Å²) in [6.45, 7) is 6.93. The molecular formula is C9H23N3Si. The lowest BCUT2D eigenvalue weighted by Gasteiger charge is -2.49. The fourth-order valence-corrected chi connectivity index (χ4v) is 3.44. The van der Waals surface area contributed by atoms with Gasteiger partial charge in [-0.2, -0.15) is 0 Å². The molecular weight excluding hydrogens is 178 g/mol. The third kappa shape index (κ3) is 3.05. The average Bonchev–Trinajstić information content (AvgIpc) is 2.12. The minimum absolute atomic E-state index is 0.0482. The molecule has 1 atom stereocenters. The van der Waals surface area contributed by atoms with Crippen LogP contribution in [0.25, 0.3) is 0 Å². The van der Waals surface area contributed by atoms with Gasteiger partial charge < -0.3 is 0 Å². The van der Waals surface area contributed by atoms with E-state index in [0.717, 1.165) is 6.54 Å². The lowest BCUT2D eigenvalue weighted by molar-refractivity contribution is 0.0837. The lowest BCUT2D eigenvalue weighted by atomic mass is 10.3. The molecule has 0 spiro atoms. The van der Waals surface area contributed by atoms with E-state index < -0.39 is 0 Å². The molecule has 0 aromatic rings. The molecule has 0 aromatic heterocycles. The first-order valence-corrected chi connectivity index (χ1v) is 6.73. The first-order valence-electron chi connectivity index (χ1n) is 5.47. The predicted molar refractivity (Wildman–Crippen MR) is 60.0 cm³/mol. The third-order valence-electron chi connectivity index (χ3n) is 2.54. The van der Waals surface area contributed by atoms with Gasteiger partial charge in [0.15, 0.2) is 9.84 Å². The number of hydrogen-bond acceptors (Lipinski definition) is 3. The number of nitrogens with one attached hydrogen (secondary N) is 1. The molecule has 4 heteroatoms. The Morgan fingerprint density at radius 2 is 2.08 bits per heavy atom. The van der Waals surface area contributed by atoms with Crippen molar-refractivity contribution in [1.82, 2.24) is 14.4 Å². The van der Waals surface area contributed by atoms with E-state index in [-0.39, 0.29) is 9.84 Å². The van der Waals surface area contributed by atoms with Gasteiger partial charge in [-0.05, 0) is 33.0 Å². The normalized spacial score (nSPS) is 26.5. The number of rotatable bonds is 6. The smallest absolute Gasteiger partial charge is 0.177 e. The first-order chi connectivity index (χ1) is 6.29. The zero-order valence-corrected chi connectivity index (χ0v) is 10.6. The number of hydrogen-bond donors (Lipinski definition) is 1. The highest BCUT2D eigenvalue weighted by Crippen LogP contribution is 2.12. The molecule has 0 aliphatic carbocycles. The van der Waals surface area contributed by atoms with E-state index in [1.807, 2.05) is 0 Å². The topological polar surface area (TPSA) is 18.5 Å². The molecule has 3 nitrogen and oxygen atoms in total. The van der Waals surface area contributed by atoms with Gasteiger partial charge in [0.25, 0.3) is 0 Å².